The molecule has 2 unspecified atom stereocenters. The van der Waals surface area contributed by atoms with E-state index in [1.807, 2.05) is 16.8 Å². The Morgan fingerprint density at radius 2 is 1.74 bits per heavy atom. The molecule has 3 heterocycles. The lowest BCUT2D eigenvalue weighted by molar-refractivity contribution is -0.139. The van der Waals surface area contributed by atoms with Crippen molar-refractivity contribution >= 4 is 15.9 Å². The molecule has 1 saturated heterocycles. The summed E-state index contributed by atoms with van der Waals surface area (Å²) < 4.78 is 82.8. The van der Waals surface area contributed by atoms with E-state index in [-0.39, 0.29) is 24.0 Å². The molecule has 1 fully saturated rings. The van der Waals surface area contributed by atoms with Crippen molar-refractivity contribution in [2.45, 2.75) is 62.8 Å². The molecule has 43 heavy (non-hydrogen) atoms. The molecule has 0 saturated carbocycles. The standard InChI is InChI=1S/C31H36F3N3O5S/c1-21-16-26(41-3)17-22(2)30(21)43(39,40)37-13-5-4-10-25(37)19-42-20-28(38)36-15-14-35-12-7-11-27(35)29(36)23-8-6-9-24(18-23)31(32,33)34/h6-9,11-12,16-18,25,29H,4-5,10,13-15,19-20H2,1-3H3. The van der Waals surface area contributed by atoms with E-state index in [1.54, 1.807) is 43.0 Å². The molecule has 2 aliphatic rings. The first-order valence-corrected chi connectivity index (χ1v) is 15.7. The Hall–Kier alpha value is -3.35. The molecule has 5 rings (SSSR count). The van der Waals surface area contributed by atoms with E-state index in [0.717, 1.165) is 25.0 Å². The first-order chi connectivity index (χ1) is 20.4. The van der Waals surface area contributed by atoms with Gasteiger partial charge in [0.1, 0.15) is 12.4 Å². The smallest absolute Gasteiger partial charge is 0.416 e. The lowest BCUT2D eigenvalue weighted by Gasteiger charge is -2.38. The van der Waals surface area contributed by atoms with E-state index in [2.05, 4.69) is 0 Å². The van der Waals surface area contributed by atoms with Crippen LogP contribution in [0, 0.1) is 13.8 Å². The van der Waals surface area contributed by atoms with Gasteiger partial charge in [0.25, 0.3) is 0 Å². The van der Waals surface area contributed by atoms with Gasteiger partial charge in [-0.05, 0) is 79.8 Å². The zero-order valence-corrected chi connectivity index (χ0v) is 25.2. The lowest BCUT2D eigenvalue weighted by Crippen LogP contribution is -2.47. The molecule has 0 radical (unpaired) electrons. The third-order valence-corrected chi connectivity index (χ3v) is 10.5. The molecule has 2 aromatic carbocycles. The van der Waals surface area contributed by atoms with Gasteiger partial charge in [0.2, 0.25) is 15.9 Å². The predicted octanol–water partition coefficient (Wildman–Crippen LogP) is 5.32. The van der Waals surface area contributed by atoms with Crippen LogP contribution in [0.4, 0.5) is 13.2 Å². The number of aromatic nitrogens is 1. The molecule has 3 aromatic rings. The van der Waals surface area contributed by atoms with E-state index >= 15 is 0 Å². The number of ether oxygens (including phenoxy) is 2. The molecule has 2 aliphatic heterocycles. The summed E-state index contributed by atoms with van der Waals surface area (Å²) >= 11 is 0. The number of methoxy groups -OCH3 is 1. The zero-order valence-electron chi connectivity index (χ0n) is 24.4. The second-order valence-electron chi connectivity index (χ2n) is 11.1. The molecule has 0 spiro atoms. The minimum Gasteiger partial charge on any atom is -0.497 e. The van der Waals surface area contributed by atoms with Gasteiger partial charge in [0.15, 0.2) is 0 Å². The van der Waals surface area contributed by atoms with E-state index in [0.29, 0.717) is 54.2 Å². The number of piperidine rings is 1. The molecule has 8 nitrogen and oxygen atoms in total. The highest BCUT2D eigenvalue weighted by Gasteiger charge is 2.37. The molecule has 0 bridgehead atoms. The highest BCUT2D eigenvalue weighted by Crippen LogP contribution is 2.37. The van der Waals surface area contributed by atoms with Crippen molar-refractivity contribution < 1.29 is 35.9 Å². The van der Waals surface area contributed by atoms with Crippen LogP contribution in [0.2, 0.25) is 0 Å². The first-order valence-electron chi connectivity index (χ1n) is 14.3. The third-order valence-electron chi connectivity index (χ3n) is 8.23. The topological polar surface area (TPSA) is 81.1 Å². The number of hydrogen-bond donors (Lipinski definition) is 0. The van der Waals surface area contributed by atoms with E-state index in [9.17, 15) is 26.4 Å². The molecule has 1 aromatic heterocycles. The SMILES string of the molecule is COc1cc(C)c(S(=O)(=O)N2CCCCC2COCC(=O)N2CCn3cccc3C2c2cccc(C(F)(F)F)c2)c(C)c1. The Bertz CT molecular complexity index is 1560. The molecule has 12 heteroatoms. The van der Waals surface area contributed by atoms with Gasteiger partial charge in [-0.3, -0.25) is 4.79 Å². The number of amides is 1. The van der Waals surface area contributed by atoms with Crippen LogP contribution in [0.3, 0.4) is 0 Å². The summed E-state index contributed by atoms with van der Waals surface area (Å²) in [6, 6.07) is 10.9. The number of fused-ring (bicyclic) bond motifs is 1. The van der Waals surface area contributed by atoms with Crippen LogP contribution in [-0.4, -0.2) is 67.6 Å². The normalized spacial score (nSPS) is 19.7. The van der Waals surface area contributed by atoms with E-state index < -0.39 is 33.8 Å². The van der Waals surface area contributed by atoms with Crippen molar-refractivity contribution in [3.05, 3.63) is 82.7 Å². The number of nitrogens with zero attached hydrogens (tertiary/aromatic N) is 3. The summed E-state index contributed by atoms with van der Waals surface area (Å²) in [6.07, 6.45) is -0.533. The average molecular weight is 620 g/mol. The van der Waals surface area contributed by atoms with Gasteiger partial charge >= 0.3 is 6.18 Å². The van der Waals surface area contributed by atoms with Crippen LogP contribution in [0.5, 0.6) is 5.75 Å². The monoisotopic (exact) mass is 619 g/mol. The first kappa shape index (κ1) is 31.1. The maximum Gasteiger partial charge on any atom is 0.416 e. The Morgan fingerprint density at radius 3 is 2.44 bits per heavy atom. The summed E-state index contributed by atoms with van der Waals surface area (Å²) in [5.41, 5.74) is 1.48. The quantitative estimate of drug-likeness (QED) is 0.341. The number of benzene rings is 2. The number of sulfonamides is 1. The summed E-state index contributed by atoms with van der Waals surface area (Å²) in [5, 5.41) is 0. The van der Waals surface area contributed by atoms with Gasteiger partial charge in [0.05, 0.1) is 30.2 Å². The fourth-order valence-electron chi connectivity index (χ4n) is 6.26. The number of rotatable bonds is 8. The Labute approximate surface area is 250 Å². The summed E-state index contributed by atoms with van der Waals surface area (Å²) in [6.45, 7) is 4.33. The van der Waals surface area contributed by atoms with Crippen LogP contribution in [0.1, 0.15) is 53.3 Å². The van der Waals surface area contributed by atoms with Crippen molar-refractivity contribution in [2.75, 3.05) is 33.4 Å². The van der Waals surface area contributed by atoms with Gasteiger partial charge in [-0.2, -0.15) is 17.5 Å². The second kappa shape index (κ2) is 12.3. The summed E-state index contributed by atoms with van der Waals surface area (Å²) in [5.74, 6) is 0.210. The highest BCUT2D eigenvalue weighted by atomic mass is 32.2. The van der Waals surface area contributed by atoms with Crippen molar-refractivity contribution in [1.29, 1.82) is 0 Å². The van der Waals surface area contributed by atoms with Crippen molar-refractivity contribution in [2.24, 2.45) is 0 Å². The second-order valence-corrected chi connectivity index (χ2v) is 12.9. The number of hydrogen-bond acceptors (Lipinski definition) is 5. The highest BCUT2D eigenvalue weighted by molar-refractivity contribution is 7.89. The van der Waals surface area contributed by atoms with E-state index in [4.69, 9.17) is 9.47 Å². The molecule has 1 amide bonds. The molecule has 0 N–H and O–H groups in total. The Balaban J connectivity index is 1.32. The van der Waals surface area contributed by atoms with Crippen LogP contribution >= 0.6 is 0 Å². The third kappa shape index (κ3) is 6.32. The maximum absolute atomic E-state index is 13.8. The number of carbonyl (C=O) groups excluding carboxylic acids is 1. The number of carbonyl (C=O) groups is 1. The minimum atomic E-state index is -4.51. The number of halogens is 3. The van der Waals surface area contributed by atoms with Crippen LogP contribution < -0.4 is 4.74 Å². The Morgan fingerprint density at radius 1 is 1.00 bits per heavy atom. The van der Waals surface area contributed by atoms with E-state index in [1.165, 1.54) is 17.5 Å². The lowest BCUT2D eigenvalue weighted by atomic mass is 9.97. The molecule has 232 valence electrons. The van der Waals surface area contributed by atoms with Crippen molar-refractivity contribution in [3.8, 4) is 5.75 Å². The minimum absolute atomic E-state index is 0.0255. The fraction of sp³-hybridized carbons (Fsp3) is 0.452. The average Bonchev–Trinajstić information content (AvgIpc) is 3.45. The summed E-state index contributed by atoms with van der Waals surface area (Å²) in [7, 11) is -2.32. The van der Waals surface area contributed by atoms with Gasteiger partial charge in [-0.15, -0.1) is 0 Å². The Kier molecular flexibility index (Phi) is 8.92. The van der Waals surface area contributed by atoms with Gasteiger partial charge < -0.3 is 18.9 Å². The fourth-order valence-corrected chi connectivity index (χ4v) is 8.36. The van der Waals surface area contributed by atoms with Crippen LogP contribution in [0.25, 0.3) is 0 Å². The molecular formula is C31H36F3N3O5S. The largest absolute Gasteiger partial charge is 0.497 e. The van der Waals surface area contributed by atoms with Crippen molar-refractivity contribution in [1.82, 2.24) is 13.8 Å². The van der Waals surface area contributed by atoms with Gasteiger partial charge in [0, 0.05) is 37.6 Å². The number of alkyl halides is 3. The van der Waals surface area contributed by atoms with Crippen LogP contribution in [0.15, 0.2) is 59.6 Å². The molecule has 2 atom stereocenters. The molecular weight excluding hydrogens is 583 g/mol. The predicted molar refractivity (Wildman–Crippen MR) is 154 cm³/mol. The van der Waals surface area contributed by atoms with Crippen molar-refractivity contribution in [3.63, 3.8) is 0 Å². The molecule has 0 aliphatic carbocycles. The van der Waals surface area contributed by atoms with Gasteiger partial charge in [-0.25, -0.2) is 8.42 Å². The zero-order chi connectivity index (χ0) is 30.9. The van der Waals surface area contributed by atoms with Crippen LogP contribution in [-0.2, 0) is 32.3 Å². The maximum atomic E-state index is 13.8. The summed E-state index contributed by atoms with van der Waals surface area (Å²) in [4.78, 5) is 15.3. The van der Waals surface area contributed by atoms with Gasteiger partial charge in [-0.1, -0.05) is 18.6 Å². The number of aryl methyl sites for hydroxylation is 2.